The molecular formula is C21H16FN3O2S. The van der Waals surface area contributed by atoms with Crippen LogP contribution in [0.4, 0.5) is 4.39 Å². The number of imidazole rings is 1. The molecule has 0 aliphatic rings. The fourth-order valence-corrected chi connectivity index (χ4v) is 3.64. The largest absolute Gasteiger partial charge is 0.493 e. The van der Waals surface area contributed by atoms with Crippen molar-refractivity contribution in [2.24, 2.45) is 0 Å². The Morgan fingerprint density at radius 3 is 2.75 bits per heavy atom. The molecular weight excluding hydrogens is 377 g/mol. The third-order valence-corrected chi connectivity index (χ3v) is 5.17. The number of carbonyl (C=O) groups excluding carboxylic acids is 1. The summed E-state index contributed by atoms with van der Waals surface area (Å²) in [5, 5.41) is 0.418. The van der Waals surface area contributed by atoms with Crippen molar-refractivity contribution < 1.29 is 13.9 Å². The summed E-state index contributed by atoms with van der Waals surface area (Å²) in [6.07, 6.45) is 4.92. The molecule has 0 aliphatic carbocycles. The molecule has 0 saturated heterocycles. The molecule has 0 radical (unpaired) electrons. The molecule has 140 valence electrons. The lowest BCUT2D eigenvalue weighted by Crippen LogP contribution is -2.00. The molecule has 0 saturated carbocycles. The third-order valence-electron chi connectivity index (χ3n) is 4.26. The molecule has 0 bridgehead atoms. The first-order chi connectivity index (χ1) is 13.6. The van der Waals surface area contributed by atoms with Gasteiger partial charge in [0.2, 0.25) is 5.78 Å². The molecule has 0 unspecified atom stereocenters. The number of ketones is 1. The summed E-state index contributed by atoms with van der Waals surface area (Å²) in [4.78, 5) is 21.8. The standard InChI is InChI=1S/C21H16FN3O2S/c1-13-10-23-21(28-13)19(26)18-11-25(12-24-18)15-6-3-5-14(9-15)16-7-4-8-17(22)20(16)27-2/h3-12H,1-2H3. The quantitative estimate of drug-likeness (QED) is 0.462. The Labute approximate surface area is 165 Å². The maximum Gasteiger partial charge on any atom is 0.241 e. The van der Waals surface area contributed by atoms with E-state index in [1.165, 1.54) is 24.5 Å². The molecule has 5 nitrogen and oxygen atoms in total. The number of thiazole rings is 1. The van der Waals surface area contributed by atoms with Gasteiger partial charge in [0.1, 0.15) is 12.0 Å². The predicted molar refractivity (Wildman–Crippen MR) is 106 cm³/mol. The van der Waals surface area contributed by atoms with Gasteiger partial charge in [0, 0.05) is 28.5 Å². The van der Waals surface area contributed by atoms with Crippen LogP contribution in [-0.2, 0) is 0 Å². The van der Waals surface area contributed by atoms with Gasteiger partial charge in [-0.3, -0.25) is 4.79 Å². The highest BCUT2D eigenvalue weighted by molar-refractivity contribution is 7.13. The fraction of sp³-hybridized carbons (Fsp3) is 0.0952. The first-order valence-corrected chi connectivity index (χ1v) is 9.33. The van der Waals surface area contributed by atoms with Crippen molar-refractivity contribution in [3.63, 3.8) is 0 Å². The van der Waals surface area contributed by atoms with Gasteiger partial charge in [-0.25, -0.2) is 14.4 Å². The Bertz CT molecular complexity index is 1170. The van der Waals surface area contributed by atoms with Crippen LogP contribution in [0.5, 0.6) is 5.75 Å². The van der Waals surface area contributed by atoms with E-state index in [1.807, 2.05) is 31.2 Å². The minimum Gasteiger partial charge on any atom is -0.493 e. The number of rotatable bonds is 5. The van der Waals surface area contributed by atoms with E-state index >= 15 is 0 Å². The number of aromatic nitrogens is 3. The number of hydrogen-bond donors (Lipinski definition) is 0. The van der Waals surface area contributed by atoms with Crippen molar-refractivity contribution in [2.75, 3.05) is 7.11 Å². The summed E-state index contributed by atoms with van der Waals surface area (Å²) in [5.41, 5.74) is 2.57. The number of para-hydroxylation sites is 1. The van der Waals surface area contributed by atoms with E-state index in [-0.39, 0.29) is 11.5 Å². The maximum atomic E-state index is 14.0. The van der Waals surface area contributed by atoms with Crippen molar-refractivity contribution in [1.82, 2.24) is 14.5 Å². The highest BCUT2D eigenvalue weighted by Crippen LogP contribution is 2.33. The van der Waals surface area contributed by atoms with E-state index in [2.05, 4.69) is 9.97 Å². The smallest absolute Gasteiger partial charge is 0.241 e. The van der Waals surface area contributed by atoms with Gasteiger partial charge in [0.05, 0.1) is 7.11 Å². The average Bonchev–Trinajstić information content (AvgIpc) is 3.37. The van der Waals surface area contributed by atoms with Crippen LogP contribution in [0, 0.1) is 12.7 Å². The number of aryl methyl sites for hydroxylation is 1. The van der Waals surface area contributed by atoms with Crippen molar-refractivity contribution in [1.29, 1.82) is 0 Å². The molecule has 0 amide bonds. The summed E-state index contributed by atoms with van der Waals surface area (Å²) >= 11 is 1.34. The maximum absolute atomic E-state index is 14.0. The Balaban J connectivity index is 1.69. The molecule has 4 aromatic rings. The van der Waals surface area contributed by atoms with Crippen molar-refractivity contribution in [3.8, 4) is 22.6 Å². The second-order valence-corrected chi connectivity index (χ2v) is 7.38. The van der Waals surface area contributed by atoms with Gasteiger partial charge in [0.25, 0.3) is 0 Å². The summed E-state index contributed by atoms with van der Waals surface area (Å²) in [6, 6.07) is 12.3. The molecule has 7 heteroatoms. The SMILES string of the molecule is COc1c(F)cccc1-c1cccc(-n2cnc(C(=O)c3ncc(C)s3)c2)c1. The Morgan fingerprint density at radius 1 is 1.18 bits per heavy atom. The number of carbonyl (C=O) groups is 1. The second kappa shape index (κ2) is 7.36. The number of hydrogen-bond acceptors (Lipinski definition) is 5. The van der Waals surface area contributed by atoms with Crippen LogP contribution in [0.1, 0.15) is 20.4 Å². The first kappa shape index (κ1) is 18.1. The molecule has 2 heterocycles. The molecule has 2 aromatic heterocycles. The summed E-state index contributed by atoms with van der Waals surface area (Å²) in [5.74, 6) is -0.431. The number of nitrogens with zero attached hydrogens (tertiary/aromatic N) is 3. The van der Waals surface area contributed by atoms with E-state index in [0.717, 1.165) is 16.1 Å². The molecule has 0 N–H and O–H groups in total. The van der Waals surface area contributed by atoms with Crippen LogP contribution in [0.15, 0.2) is 61.2 Å². The predicted octanol–water partition coefficient (Wildman–Crippen LogP) is 4.68. The zero-order valence-electron chi connectivity index (χ0n) is 15.2. The van der Waals surface area contributed by atoms with Gasteiger partial charge in [0.15, 0.2) is 16.6 Å². The number of ether oxygens (including phenoxy) is 1. The molecule has 0 fully saturated rings. The Morgan fingerprint density at radius 2 is 2.00 bits per heavy atom. The monoisotopic (exact) mass is 393 g/mol. The van der Waals surface area contributed by atoms with Gasteiger partial charge >= 0.3 is 0 Å². The van der Waals surface area contributed by atoms with E-state index in [0.29, 0.717) is 16.3 Å². The number of benzene rings is 2. The van der Waals surface area contributed by atoms with Gasteiger partial charge in [-0.2, -0.15) is 0 Å². The molecule has 28 heavy (non-hydrogen) atoms. The number of methoxy groups -OCH3 is 1. The van der Waals surface area contributed by atoms with Crippen LogP contribution < -0.4 is 4.74 Å². The highest BCUT2D eigenvalue weighted by Gasteiger charge is 2.16. The van der Waals surface area contributed by atoms with E-state index in [1.54, 1.807) is 35.4 Å². The van der Waals surface area contributed by atoms with Gasteiger partial charge in [-0.15, -0.1) is 11.3 Å². The second-order valence-electron chi connectivity index (χ2n) is 6.14. The van der Waals surface area contributed by atoms with Crippen molar-refractivity contribution in [3.05, 3.63) is 82.6 Å². The lowest BCUT2D eigenvalue weighted by Gasteiger charge is -2.11. The van der Waals surface area contributed by atoms with Gasteiger partial charge < -0.3 is 9.30 Å². The Kier molecular flexibility index (Phi) is 4.75. The molecule has 4 rings (SSSR count). The van der Waals surface area contributed by atoms with Gasteiger partial charge in [-0.05, 0) is 30.7 Å². The zero-order chi connectivity index (χ0) is 19.7. The minimum atomic E-state index is -0.417. The fourth-order valence-electron chi connectivity index (χ4n) is 2.93. The molecule has 0 atom stereocenters. The molecule has 0 spiro atoms. The minimum absolute atomic E-state index is 0.195. The van der Waals surface area contributed by atoms with Crippen molar-refractivity contribution in [2.45, 2.75) is 6.92 Å². The van der Waals surface area contributed by atoms with Crippen LogP contribution in [0.2, 0.25) is 0 Å². The van der Waals surface area contributed by atoms with Crippen LogP contribution >= 0.6 is 11.3 Å². The summed E-state index contributed by atoms with van der Waals surface area (Å²) in [6.45, 7) is 1.90. The Hall–Kier alpha value is -3.32. The van der Waals surface area contributed by atoms with Gasteiger partial charge in [-0.1, -0.05) is 24.3 Å². The van der Waals surface area contributed by atoms with E-state index < -0.39 is 5.82 Å². The van der Waals surface area contributed by atoms with E-state index in [4.69, 9.17) is 4.74 Å². The molecule has 0 aliphatic heterocycles. The van der Waals surface area contributed by atoms with Crippen LogP contribution in [-0.4, -0.2) is 27.4 Å². The lowest BCUT2D eigenvalue weighted by molar-refractivity contribution is 0.103. The normalized spacial score (nSPS) is 10.8. The number of halogens is 1. The summed E-state index contributed by atoms with van der Waals surface area (Å²) < 4.78 is 21.0. The average molecular weight is 393 g/mol. The summed E-state index contributed by atoms with van der Waals surface area (Å²) in [7, 11) is 1.44. The van der Waals surface area contributed by atoms with Crippen molar-refractivity contribution >= 4 is 17.1 Å². The third kappa shape index (κ3) is 3.32. The van der Waals surface area contributed by atoms with E-state index in [9.17, 15) is 9.18 Å². The van der Waals surface area contributed by atoms with Crippen LogP contribution in [0.3, 0.4) is 0 Å². The molecule has 2 aromatic carbocycles. The first-order valence-electron chi connectivity index (χ1n) is 8.51. The highest BCUT2D eigenvalue weighted by atomic mass is 32.1. The zero-order valence-corrected chi connectivity index (χ0v) is 16.0. The van der Waals surface area contributed by atoms with Crippen LogP contribution in [0.25, 0.3) is 16.8 Å². The lowest BCUT2D eigenvalue weighted by atomic mass is 10.0. The topological polar surface area (TPSA) is 57.0 Å².